The number of anilines is 1. The first-order chi connectivity index (χ1) is 15.5. The second-order valence-corrected chi connectivity index (χ2v) is 10.5. The lowest BCUT2D eigenvalue weighted by molar-refractivity contribution is 0.102. The Morgan fingerprint density at radius 2 is 1.42 bits per heavy atom. The van der Waals surface area contributed by atoms with Gasteiger partial charge in [0.1, 0.15) is 5.75 Å². The SMILES string of the molecule is C=C(c1ccc(C(=O)Nc2ccccc2O)cc1)c1cc2c(cc1C)C(C)(C)CCC2(C)C. The number of nitrogens with one attached hydrogen (secondary N) is 1. The summed E-state index contributed by atoms with van der Waals surface area (Å²) in [5, 5.41) is 12.7. The average Bonchev–Trinajstić information content (AvgIpc) is 2.78. The number of benzene rings is 3. The maximum Gasteiger partial charge on any atom is 0.255 e. The molecule has 0 fully saturated rings. The molecule has 0 spiro atoms. The molecule has 0 bridgehead atoms. The number of para-hydroxylation sites is 2. The van der Waals surface area contributed by atoms with Crippen molar-refractivity contribution >= 4 is 17.2 Å². The van der Waals surface area contributed by atoms with E-state index in [4.69, 9.17) is 0 Å². The molecule has 0 saturated carbocycles. The topological polar surface area (TPSA) is 49.3 Å². The molecule has 2 N–H and O–H groups in total. The van der Waals surface area contributed by atoms with Crippen LogP contribution in [-0.4, -0.2) is 11.0 Å². The van der Waals surface area contributed by atoms with Gasteiger partial charge >= 0.3 is 0 Å². The maximum atomic E-state index is 12.6. The number of carbonyl (C=O) groups excluding carboxylic acids is 1. The summed E-state index contributed by atoms with van der Waals surface area (Å²) >= 11 is 0. The first-order valence-electron chi connectivity index (χ1n) is 11.5. The van der Waals surface area contributed by atoms with Crippen molar-refractivity contribution in [2.24, 2.45) is 0 Å². The third-order valence-corrected chi connectivity index (χ3v) is 7.17. The molecule has 0 heterocycles. The third kappa shape index (κ3) is 4.32. The van der Waals surface area contributed by atoms with E-state index in [0.29, 0.717) is 11.3 Å². The van der Waals surface area contributed by atoms with Crippen LogP contribution in [0.2, 0.25) is 0 Å². The third-order valence-electron chi connectivity index (χ3n) is 7.17. The fourth-order valence-corrected chi connectivity index (χ4v) is 4.80. The van der Waals surface area contributed by atoms with Crippen LogP contribution in [0.5, 0.6) is 5.75 Å². The number of fused-ring (bicyclic) bond motifs is 1. The zero-order valence-electron chi connectivity index (χ0n) is 20.3. The van der Waals surface area contributed by atoms with Gasteiger partial charge in [-0.25, -0.2) is 0 Å². The summed E-state index contributed by atoms with van der Waals surface area (Å²) in [5.74, 6) is -0.215. The van der Waals surface area contributed by atoms with E-state index in [0.717, 1.165) is 16.7 Å². The minimum atomic E-state index is -0.261. The van der Waals surface area contributed by atoms with Gasteiger partial charge in [0.25, 0.3) is 5.91 Å². The van der Waals surface area contributed by atoms with Gasteiger partial charge in [-0.2, -0.15) is 0 Å². The second kappa shape index (κ2) is 8.22. The predicted octanol–water partition coefficient (Wildman–Crippen LogP) is 7.36. The van der Waals surface area contributed by atoms with Crippen molar-refractivity contribution in [1.29, 1.82) is 0 Å². The second-order valence-electron chi connectivity index (χ2n) is 10.5. The highest BCUT2D eigenvalue weighted by molar-refractivity contribution is 6.05. The largest absolute Gasteiger partial charge is 0.506 e. The van der Waals surface area contributed by atoms with Gasteiger partial charge in [0.15, 0.2) is 0 Å². The highest BCUT2D eigenvalue weighted by Gasteiger charge is 2.37. The molecule has 1 amide bonds. The molecule has 0 atom stereocenters. The van der Waals surface area contributed by atoms with Gasteiger partial charge < -0.3 is 10.4 Å². The number of hydrogen-bond donors (Lipinski definition) is 2. The Hall–Kier alpha value is -3.33. The minimum Gasteiger partial charge on any atom is -0.506 e. The van der Waals surface area contributed by atoms with E-state index in [-0.39, 0.29) is 22.5 Å². The Balaban J connectivity index is 1.61. The molecule has 0 unspecified atom stereocenters. The highest BCUT2D eigenvalue weighted by Crippen LogP contribution is 2.47. The Labute approximate surface area is 197 Å². The Kier molecular flexibility index (Phi) is 5.69. The van der Waals surface area contributed by atoms with Gasteiger partial charge in [-0.05, 0) is 88.3 Å². The van der Waals surface area contributed by atoms with Crippen LogP contribution in [0.1, 0.15) is 78.7 Å². The van der Waals surface area contributed by atoms with E-state index >= 15 is 0 Å². The minimum absolute atomic E-state index is 0.0461. The standard InChI is InChI=1S/C30H33NO2/c1-19-17-24-25(30(5,6)16-15-29(24,3)4)18-23(19)20(2)21-11-13-22(14-12-21)28(33)31-26-9-7-8-10-27(26)32/h7-14,17-18,32H,2,15-16H2,1,3-6H3,(H,31,33). The maximum absolute atomic E-state index is 12.6. The van der Waals surface area contributed by atoms with Crippen LogP contribution in [-0.2, 0) is 10.8 Å². The van der Waals surface area contributed by atoms with Crippen molar-refractivity contribution in [1.82, 2.24) is 0 Å². The van der Waals surface area contributed by atoms with Crippen molar-refractivity contribution < 1.29 is 9.90 Å². The summed E-state index contributed by atoms with van der Waals surface area (Å²) in [6, 6.07) is 18.9. The van der Waals surface area contributed by atoms with Crippen LogP contribution < -0.4 is 5.32 Å². The number of phenols is 1. The number of rotatable bonds is 4. The van der Waals surface area contributed by atoms with Crippen molar-refractivity contribution in [2.45, 2.75) is 58.3 Å². The Morgan fingerprint density at radius 1 is 0.879 bits per heavy atom. The molecule has 0 radical (unpaired) electrons. The van der Waals surface area contributed by atoms with E-state index in [1.165, 1.54) is 29.5 Å². The number of amides is 1. The molecule has 3 nitrogen and oxygen atoms in total. The molecule has 1 aliphatic carbocycles. The molecule has 3 aromatic rings. The molecule has 3 aromatic carbocycles. The lowest BCUT2D eigenvalue weighted by Crippen LogP contribution is -2.34. The molecule has 33 heavy (non-hydrogen) atoms. The summed E-state index contributed by atoms with van der Waals surface area (Å²) in [6.07, 6.45) is 2.36. The zero-order valence-corrected chi connectivity index (χ0v) is 20.3. The van der Waals surface area contributed by atoms with E-state index in [2.05, 4.69) is 58.6 Å². The molecule has 0 saturated heterocycles. The number of carbonyl (C=O) groups is 1. The first kappa shape index (κ1) is 22.8. The summed E-state index contributed by atoms with van der Waals surface area (Å²) in [5.41, 5.74) is 8.44. The van der Waals surface area contributed by atoms with Gasteiger partial charge in [0.05, 0.1) is 5.69 Å². The van der Waals surface area contributed by atoms with Crippen LogP contribution in [0.25, 0.3) is 5.57 Å². The predicted molar refractivity (Wildman–Crippen MR) is 137 cm³/mol. The molecule has 1 aliphatic rings. The monoisotopic (exact) mass is 439 g/mol. The van der Waals surface area contributed by atoms with Crippen LogP contribution in [0.15, 0.2) is 67.2 Å². The van der Waals surface area contributed by atoms with E-state index in [1.807, 2.05) is 12.1 Å². The summed E-state index contributed by atoms with van der Waals surface area (Å²) < 4.78 is 0. The van der Waals surface area contributed by atoms with Crippen LogP contribution >= 0.6 is 0 Å². The number of aromatic hydroxyl groups is 1. The molecular formula is C30H33NO2. The van der Waals surface area contributed by atoms with E-state index < -0.39 is 0 Å². The number of phenolic OH excluding ortho intramolecular Hbond substituents is 1. The van der Waals surface area contributed by atoms with Crippen molar-refractivity contribution in [2.75, 3.05) is 5.32 Å². The first-order valence-corrected chi connectivity index (χ1v) is 11.5. The molecule has 170 valence electrons. The Morgan fingerprint density at radius 3 is 2.03 bits per heavy atom. The molecule has 3 heteroatoms. The van der Waals surface area contributed by atoms with Gasteiger partial charge in [-0.1, -0.05) is 70.7 Å². The lowest BCUT2D eigenvalue weighted by Gasteiger charge is -2.42. The van der Waals surface area contributed by atoms with Gasteiger partial charge in [0.2, 0.25) is 0 Å². The normalized spacial score (nSPS) is 16.0. The average molecular weight is 440 g/mol. The highest BCUT2D eigenvalue weighted by atomic mass is 16.3. The molecular weight excluding hydrogens is 406 g/mol. The smallest absolute Gasteiger partial charge is 0.255 e. The molecule has 4 rings (SSSR count). The van der Waals surface area contributed by atoms with E-state index in [9.17, 15) is 9.90 Å². The lowest BCUT2D eigenvalue weighted by atomic mass is 9.62. The van der Waals surface area contributed by atoms with Crippen molar-refractivity contribution in [3.63, 3.8) is 0 Å². The van der Waals surface area contributed by atoms with Gasteiger partial charge in [0, 0.05) is 5.56 Å². The number of hydrogen-bond acceptors (Lipinski definition) is 2. The summed E-state index contributed by atoms with van der Waals surface area (Å²) in [4.78, 5) is 12.6. The van der Waals surface area contributed by atoms with Gasteiger partial charge in [-0.15, -0.1) is 0 Å². The van der Waals surface area contributed by atoms with Gasteiger partial charge in [-0.3, -0.25) is 4.79 Å². The van der Waals surface area contributed by atoms with Crippen molar-refractivity contribution in [3.8, 4) is 5.75 Å². The van der Waals surface area contributed by atoms with Crippen molar-refractivity contribution in [3.05, 3.63) is 101 Å². The van der Waals surface area contributed by atoms with Crippen LogP contribution in [0, 0.1) is 6.92 Å². The van der Waals surface area contributed by atoms with E-state index in [1.54, 1.807) is 36.4 Å². The Bertz CT molecular complexity index is 1230. The fraction of sp³-hybridized carbons (Fsp3) is 0.300. The summed E-state index contributed by atoms with van der Waals surface area (Å²) in [6.45, 7) is 15.9. The number of aryl methyl sites for hydroxylation is 1. The van der Waals surface area contributed by atoms with Crippen LogP contribution in [0.4, 0.5) is 5.69 Å². The molecule has 0 aliphatic heterocycles. The van der Waals surface area contributed by atoms with Crippen LogP contribution in [0.3, 0.4) is 0 Å². The summed E-state index contributed by atoms with van der Waals surface area (Å²) in [7, 11) is 0. The quantitative estimate of drug-likeness (QED) is 0.417. The fourth-order valence-electron chi connectivity index (χ4n) is 4.80. The zero-order chi connectivity index (χ0) is 24.0. The molecule has 0 aromatic heterocycles.